The van der Waals surface area contributed by atoms with E-state index in [0.717, 1.165) is 4.70 Å². The van der Waals surface area contributed by atoms with Crippen molar-refractivity contribution in [3.8, 4) is 22.9 Å². The lowest BCUT2D eigenvalue weighted by atomic mass is 9.96. The summed E-state index contributed by atoms with van der Waals surface area (Å²) in [5, 5.41) is 13.7. The fourth-order valence-corrected chi connectivity index (χ4v) is 5.44. The van der Waals surface area contributed by atoms with Gasteiger partial charge in [0, 0.05) is 35.3 Å². The maximum atomic E-state index is 15.4. The number of carbonyl (C=O) groups excluding carboxylic acids is 1. The van der Waals surface area contributed by atoms with E-state index >= 15 is 4.39 Å². The third-order valence-electron chi connectivity index (χ3n) is 5.56. The lowest BCUT2D eigenvalue weighted by Gasteiger charge is -2.33. The number of amides is 1. The van der Waals surface area contributed by atoms with Gasteiger partial charge in [-0.3, -0.25) is 4.79 Å². The van der Waals surface area contributed by atoms with E-state index < -0.39 is 5.82 Å². The Bertz CT molecular complexity index is 1250. The molecule has 1 aromatic heterocycles. The van der Waals surface area contributed by atoms with Crippen LogP contribution in [-0.4, -0.2) is 43.1 Å². The minimum absolute atomic E-state index is 0.0207. The van der Waals surface area contributed by atoms with Crippen molar-refractivity contribution in [3.63, 3.8) is 0 Å². The number of nitrogens with two attached hydrogens (primary N) is 1. The molecular weight excluding hydrogens is 427 g/mol. The Balaban J connectivity index is 1.74. The second-order valence-electron chi connectivity index (χ2n) is 7.22. The van der Waals surface area contributed by atoms with E-state index in [-0.39, 0.29) is 46.0 Å². The molecule has 1 fully saturated rings. The number of hydrogen-bond acceptors (Lipinski definition) is 6. The maximum Gasteiger partial charge on any atom is 0.258 e. The Kier molecular flexibility index (Phi) is 4.54. The molecule has 3 aromatic rings. The molecule has 30 heavy (non-hydrogen) atoms. The van der Waals surface area contributed by atoms with Gasteiger partial charge < -0.3 is 20.7 Å². The van der Waals surface area contributed by atoms with Gasteiger partial charge in [-0.25, -0.2) is 4.39 Å². The predicted molar refractivity (Wildman–Crippen MR) is 115 cm³/mol. The summed E-state index contributed by atoms with van der Waals surface area (Å²) >= 11 is 7.90. The highest BCUT2D eigenvalue weighted by atomic mass is 35.5. The molecule has 0 aliphatic carbocycles. The third kappa shape index (κ3) is 2.74. The van der Waals surface area contributed by atoms with Crippen molar-refractivity contribution < 1.29 is 13.9 Å². The van der Waals surface area contributed by atoms with Crippen molar-refractivity contribution in [3.05, 3.63) is 46.2 Å². The number of anilines is 1. The topological polar surface area (TPSA) is 91.4 Å². The first-order valence-electron chi connectivity index (χ1n) is 9.39. The first-order chi connectivity index (χ1) is 14.5. The summed E-state index contributed by atoms with van der Waals surface area (Å²) in [6.07, 6.45) is 0. The summed E-state index contributed by atoms with van der Waals surface area (Å²) in [5.41, 5.74) is 6.94. The molecule has 3 heterocycles. The van der Waals surface area contributed by atoms with Crippen LogP contribution >= 0.6 is 22.9 Å². The number of nitrogens with zero attached hydrogens (tertiary/aromatic N) is 2. The Hall–Kier alpha value is -2.86. The number of hydrogen-bond donors (Lipinski definition) is 2. The predicted octanol–water partition coefficient (Wildman–Crippen LogP) is 3.62. The van der Waals surface area contributed by atoms with E-state index in [1.54, 1.807) is 17.0 Å². The van der Waals surface area contributed by atoms with Gasteiger partial charge in [-0.1, -0.05) is 23.7 Å². The van der Waals surface area contributed by atoms with Crippen LogP contribution in [-0.2, 0) is 0 Å². The third-order valence-corrected chi connectivity index (χ3v) is 6.90. The summed E-state index contributed by atoms with van der Waals surface area (Å²) in [5.74, 6) is -0.770. The van der Waals surface area contributed by atoms with Crippen LogP contribution in [0.4, 0.5) is 9.39 Å². The molecule has 9 heteroatoms. The van der Waals surface area contributed by atoms with E-state index in [1.165, 1.54) is 17.4 Å². The highest BCUT2D eigenvalue weighted by molar-refractivity contribution is 7.23. The van der Waals surface area contributed by atoms with Gasteiger partial charge in [-0.2, -0.15) is 5.26 Å². The highest BCUT2D eigenvalue weighted by Gasteiger charge is 2.35. The molecule has 1 saturated heterocycles. The Morgan fingerprint density at radius 1 is 1.40 bits per heavy atom. The van der Waals surface area contributed by atoms with Crippen LogP contribution in [0.25, 0.3) is 21.2 Å². The summed E-state index contributed by atoms with van der Waals surface area (Å²) < 4.78 is 22.1. The van der Waals surface area contributed by atoms with E-state index in [0.29, 0.717) is 35.6 Å². The van der Waals surface area contributed by atoms with Crippen LogP contribution < -0.4 is 15.8 Å². The summed E-state index contributed by atoms with van der Waals surface area (Å²) in [6.45, 7) is 2.05. The molecular formula is C21H16ClFN4O2S. The van der Waals surface area contributed by atoms with Gasteiger partial charge >= 0.3 is 0 Å². The first-order valence-corrected chi connectivity index (χ1v) is 10.6. The lowest BCUT2D eigenvalue weighted by Crippen LogP contribution is -2.54. The monoisotopic (exact) mass is 442 g/mol. The molecule has 0 spiro atoms. The van der Waals surface area contributed by atoms with Crippen molar-refractivity contribution in [2.24, 2.45) is 0 Å². The molecule has 2 aliphatic heterocycles. The van der Waals surface area contributed by atoms with Gasteiger partial charge in [0.05, 0.1) is 22.2 Å². The molecule has 2 aliphatic rings. The SMILES string of the molecule is N#Cc1c(N)sc2cccc(-c3c(F)cc4c(c3Cl)OC[C@H]3CNCCN3C4=O)c12. The molecule has 3 N–H and O–H groups in total. The first kappa shape index (κ1) is 19.1. The molecule has 5 rings (SSSR count). The van der Waals surface area contributed by atoms with Crippen molar-refractivity contribution in [1.82, 2.24) is 10.2 Å². The number of benzene rings is 2. The number of carbonyl (C=O) groups is 1. The number of nitriles is 1. The average molecular weight is 443 g/mol. The van der Waals surface area contributed by atoms with E-state index in [1.807, 2.05) is 6.07 Å². The number of thiophene rings is 1. The maximum absolute atomic E-state index is 15.4. The fourth-order valence-electron chi connectivity index (χ4n) is 4.15. The van der Waals surface area contributed by atoms with Crippen LogP contribution in [0.15, 0.2) is 24.3 Å². The molecule has 6 nitrogen and oxygen atoms in total. The molecule has 152 valence electrons. The van der Waals surface area contributed by atoms with Crippen LogP contribution in [0, 0.1) is 17.1 Å². The quantitative estimate of drug-likeness (QED) is 0.600. The number of nitrogens with one attached hydrogen (secondary N) is 1. The second-order valence-corrected chi connectivity index (χ2v) is 8.69. The molecule has 0 bridgehead atoms. The molecule has 0 saturated carbocycles. The fraction of sp³-hybridized carbons (Fsp3) is 0.238. The largest absolute Gasteiger partial charge is 0.489 e. The Morgan fingerprint density at radius 3 is 3.03 bits per heavy atom. The van der Waals surface area contributed by atoms with Crippen LogP contribution in [0.3, 0.4) is 0 Å². The zero-order valence-corrected chi connectivity index (χ0v) is 17.2. The van der Waals surface area contributed by atoms with Gasteiger partial charge in [0.2, 0.25) is 0 Å². The molecule has 1 atom stereocenters. The minimum Gasteiger partial charge on any atom is -0.489 e. The van der Waals surface area contributed by atoms with Crippen molar-refractivity contribution in [1.29, 1.82) is 5.26 Å². The standard InChI is InChI=1S/C21H16ClFN4O2S/c22-18-17(11-2-1-3-15-16(11)13(7-24)20(25)30-15)14(23)6-12-19(18)29-9-10-8-26-4-5-27(10)21(12)28/h1-3,6,10,26H,4-5,8-9,25H2/t10-/m1/s1. The summed E-state index contributed by atoms with van der Waals surface area (Å²) in [4.78, 5) is 14.8. The van der Waals surface area contributed by atoms with Crippen molar-refractivity contribution >= 4 is 43.9 Å². The summed E-state index contributed by atoms with van der Waals surface area (Å²) in [6, 6.07) is 8.41. The number of piperazine rings is 1. The zero-order chi connectivity index (χ0) is 21.0. The van der Waals surface area contributed by atoms with Gasteiger partial charge in [0.15, 0.2) is 5.75 Å². The Labute approximate surface area is 180 Å². The van der Waals surface area contributed by atoms with Crippen LogP contribution in [0.2, 0.25) is 5.02 Å². The van der Waals surface area contributed by atoms with E-state index in [9.17, 15) is 10.1 Å². The second kappa shape index (κ2) is 7.13. The molecule has 0 unspecified atom stereocenters. The van der Waals surface area contributed by atoms with Crippen LogP contribution in [0.5, 0.6) is 5.75 Å². The molecule has 2 aromatic carbocycles. The number of rotatable bonds is 1. The van der Waals surface area contributed by atoms with Gasteiger partial charge in [0.25, 0.3) is 5.91 Å². The molecule has 0 radical (unpaired) electrons. The normalized spacial score (nSPS) is 18.4. The smallest absolute Gasteiger partial charge is 0.258 e. The van der Waals surface area contributed by atoms with E-state index in [2.05, 4.69) is 11.4 Å². The Morgan fingerprint density at radius 2 is 2.23 bits per heavy atom. The number of ether oxygens (including phenoxy) is 1. The number of nitrogen functional groups attached to an aromatic ring is 1. The molecule has 1 amide bonds. The van der Waals surface area contributed by atoms with E-state index in [4.69, 9.17) is 22.1 Å². The summed E-state index contributed by atoms with van der Waals surface area (Å²) in [7, 11) is 0. The van der Waals surface area contributed by atoms with Gasteiger partial charge in [-0.05, 0) is 17.7 Å². The van der Waals surface area contributed by atoms with Crippen LogP contribution in [0.1, 0.15) is 15.9 Å². The minimum atomic E-state index is -0.648. The van der Waals surface area contributed by atoms with Gasteiger partial charge in [0.1, 0.15) is 23.5 Å². The zero-order valence-electron chi connectivity index (χ0n) is 15.7. The number of fused-ring (bicyclic) bond motifs is 3. The highest BCUT2D eigenvalue weighted by Crippen LogP contribution is 2.46. The number of halogens is 2. The van der Waals surface area contributed by atoms with Crippen molar-refractivity contribution in [2.45, 2.75) is 6.04 Å². The average Bonchev–Trinajstić information content (AvgIpc) is 3.00. The lowest BCUT2D eigenvalue weighted by molar-refractivity contribution is 0.0606. The van der Waals surface area contributed by atoms with Gasteiger partial charge in [-0.15, -0.1) is 11.3 Å². The van der Waals surface area contributed by atoms with Crippen molar-refractivity contribution in [2.75, 3.05) is 32.0 Å².